The summed E-state index contributed by atoms with van der Waals surface area (Å²) >= 11 is 10.8. The first kappa shape index (κ1) is 28.3. The molecule has 2 amide bonds. The molecule has 0 saturated carbocycles. The number of cyclic esters (lactones) is 1. The Balaban J connectivity index is 1.34. The van der Waals surface area contributed by atoms with E-state index < -0.39 is 17.5 Å². The van der Waals surface area contributed by atoms with Crippen LogP contribution in [0.4, 0.5) is 25.4 Å². The predicted molar refractivity (Wildman–Crippen MR) is 153 cm³/mol. The van der Waals surface area contributed by atoms with Crippen molar-refractivity contribution in [3.63, 3.8) is 0 Å². The molecule has 4 rings (SSSR count). The molecule has 1 aromatic carbocycles. The van der Waals surface area contributed by atoms with Gasteiger partial charge in [-0.2, -0.15) is 0 Å². The lowest BCUT2D eigenvalue weighted by Crippen LogP contribution is -2.54. The summed E-state index contributed by atoms with van der Waals surface area (Å²) in [6.45, 7) is 11.1. The first-order valence-electron chi connectivity index (χ1n) is 13.0. The fourth-order valence-electron chi connectivity index (χ4n) is 4.96. The number of carbonyl (C=O) groups excluding carboxylic acids is 2. The Morgan fingerprint density at radius 3 is 2.53 bits per heavy atom. The quantitative estimate of drug-likeness (QED) is 0.535. The van der Waals surface area contributed by atoms with Gasteiger partial charge in [0.15, 0.2) is 0 Å². The SMILES string of the molecule is CC(=S)NCC1CN(c2ccc(N3CCN(C(=S)C4CCCN4C(=O)OC(C)(C)C)CC3)c(F)c2)C(=O)O1. The van der Waals surface area contributed by atoms with Crippen molar-refractivity contribution in [3.8, 4) is 0 Å². The number of halogens is 1. The van der Waals surface area contributed by atoms with Gasteiger partial charge in [0.1, 0.15) is 22.5 Å². The predicted octanol–water partition coefficient (Wildman–Crippen LogP) is 3.94. The van der Waals surface area contributed by atoms with E-state index in [9.17, 15) is 9.59 Å². The van der Waals surface area contributed by atoms with Gasteiger partial charge in [-0.05, 0) is 58.7 Å². The van der Waals surface area contributed by atoms with E-state index in [-0.39, 0.29) is 18.2 Å². The van der Waals surface area contributed by atoms with Gasteiger partial charge in [0.2, 0.25) is 0 Å². The zero-order valence-electron chi connectivity index (χ0n) is 22.4. The molecule has 2 atom stereocenters. The highest BCUT2D eigenvalue weighted by Crippen LogP contribution is 2.29. The van der Waals surface area contributed by atoms with Gasteiger partial charge in [0.25, 0.3) is 0 Å². The van der Waals surface area contributed by atoms with E-state index in [0.29, 0.717) is 62.2 Å². The molecule has 3 fully saturated rings. The van der Waals surface area contributed by atoms with Gasteiger partial charge in [0, 0.05) is 32.7 Å². The number of hydrogen-bond donors (Lipinski definition) is 1. The Morgan fingerprint density at radius 2 is 1.89 bits per heavy atom. The number of likely N-dealkylation sites (tertiary alicyclic amines) is 1. The fourth-order valence-corrected chi connectivity index (χ4v) is 5.47. The van der Waals surface area contributed by atoms with Crippen LogP contribution in [0.1, 0.15) is 40.5 Å². The van der Waals surface area contributed by atoms with Crippen molar-refractivity contribution >= 4 is 58.0 Å². The maximum Gasteiger partial charge on any atom is 0.414 e. The highest BCUT2D eigenvalue weighted by Gasteiger charge is 2.37. The molecule has 0 aliphatic carbocycles. The van der Waals surface area contributed by atoms with Crippen molar-refractivity contribution in [2.24, 2.45) is 0 Å². The average molecular weight is 566 g/mol. The molecular formula is C26H36FN5O4S2. The lowest BCUT2D eigenvalue weighted by Gasteiger charge is -2.40. The van der Waals surface area contributed by atoms with E-state index in [0.717, 1.165) is 17.8 Å². The number of hydrogen-bond acceptors (Lipinski definition) is 7. The minimum Gasteiger partial charge on any atom is -0.444 e. The Kier molecular flexibility index (Phi) is 8.61. The second-order valence-corrected chi connectivity index (χ2v) is 11.9. The van der Waals surface area contributed by atoms with Crippen LogP contribution in [0.25, 0.3) is 0 Å². The second kappa shape index (κ2) is 11.6. The van der Waals surface area contributed by atoms with Crippen molar-refractivity contribution in [1.82, 2.24) is 15.1 Å². The summed E-state index contributed by atoms with van der Waals surface area (Å²) in [7, 11) is 0. The second-order valence-electron chi connectivity index (χ2n) is 10.8. The van der Waals surface area contributed by atoms with Crippen molar-refractivity contribution < 1.29 is 23.5 Å². The number of nitrogens with one attached hydrogen (secondary N) is 1. The Hall–Kier alpha value is -2.73. The zero-order chi connectivity index (χ0) is 27.6. The van der Waals surface area contributed by atoms with Crippen LogP contribution in [-0.2, 0) is 9.47 Å². The van der Waals surface area contributed by atoms with E-state index >= 15 is 4.39 Å². The van der Waals surface area contributed by atoms with Crippen LogP contribution in [0.3, 0.4) is 0 Å². The summed E-state index contributed by atoms with van der Waals surface area (Å²) in [5, 5.41) is 3.00. The van der Waals surface area contributed by atoms with Crippen LogP contribution in [0.2, 0.25) is 0 Å². The van der Waals surface area contributed by atoms with Gasteiger partial charge >= 0.3 is 12.2 Å². The summed E-state index contributed by atoms with van der Waals surface area (Å²) in [6.07, 6.45) is 0.512. The van der Waals surface area contributed by atoms with Crippen molar-refractivity contribution in [1.29, 1.82) is 0 Å². The van der Waals surface area contributed by atoms with Crippen molar-refractivity contribution in [3.05, 3.63) is 24.0 Å². The van der Waals surface area contributed by atoms with Gasteiger partial charge in [-0.15, -0.1) is 0 Å². The molecule has 3 aliphatic rings. The number of piperazine rings is 1. The maximum atomic E-state index is 15.2. The van der Waals surface area contributed by atoms with E-state index in [1.165, 1.54) is 11.0 Å². The summed E-state index contributed by atoms with van der Waals surface area (Å²) in [5.74, 6) is -0.394. The third kappa shape index (κ3) is 6.63. The highest BCUT2D eigenvalue weighted by atomic mass is 32.1. The number of benzene rings is 1. The topological polar surface area (TPSA) is 77.6 Å². The number of rotatable bonds is 5. The van der Waals surface area contributed by atoms with E-state index in [2.05, 4.69) is 10.2 Å². The number of thiocarbonyl (C=S) groups is 2. The first-order chi connectivity index (χ1) is 17.9. The standard InChI is InChI=1S/C26H36FN5O4S2/c1-17(37)28-15-19-16-32(24(33)35-19)18-7-8-21(20(27)14-18)29-10-12-30(13-11-29)23(38)22-6-5-9-31(22)25(34)36-26(2,3)4/h7-8,14,19,22H,5-6,9-13,15-16H2,1-4H3,(H,28,37). The molecule has 38 heavy (non-hydrogen) atoms. The molecule has 0 bridgehead atoms. The maximum absolute atomic E-state index is 15.2. The summed E-state index contributed by atoms with van der Waals surface area (Å²) in [5.41, 5.74) is 0.382. The lowest BCUT2D eigenvalue weighted by atomic mass is 10.1. The largest absolute Gasteiger partial charge is 0.444 e. The molecule has 12 heteroatoms. The molecule has 9 nitrogen and oxygen atoms in total. The first-order valence-corrected chi connectivity index (χ1v) is 13.8. The molecule has 1 N–H and O–H groups in total. The van der Waals surface area contributed by atoms with Crippen LogP contribution in [0.5, 0.6) is 0 Å². The van der Waals surface area contributed by atoms with Gasteiger partial charge in [-0.1, -0.05) is 24.4 Å². The van der Waals surface area contributed by atoms with Crippen molar-refractivity contribution in [2.75, 3.05) is 55.6 Å². The third-order valence-electron chi connectivity index (χ3n) is 6.79. The number of carbonyl (C=O) groups is 2. The smallest absolute Gasteiger partial charge is 0.414 e. The van der Waals surface area contributed by atoms with Gasteiger partial charge < -0.3 is 24.6 Å². The molecule has 0 radical (unpaired) electrons. The van der Waals surface area contributed by atoms with Crippen LogP contribution < -0.4 is 15.1 Å². The minimum atomic E-state index is -0.561. The van der Waals surface area contributed by atoms with Crippen molar-refractivity contribution in [2.45, 2.75) is 58.3 Å². The number of nitrogens with zero attached hydrogens (tertiary/aromatic N) is 4. The van der Waals surface area contributed by atoms with Crippen LogP contribution >= 0.6 is 24.4 Å². The fraction of sp³-hybridized carbons (Fsp3) is 0.615. The average Bonchev–Trinajstić information content (AvgIpc) is 3.48. The molecule has 0 spiro atoms. The molecule has 3 heterocycles. The van der Waals surface area contributed by atoms with Gasteiger partial charge in [0.05, 0.1) is 35.5 Å². The Bertz CT molecular complexity index is 1090. The lowest BCUT2D eigenvalue weighted by molar-refractivity contribution is 0.0261. The van der Waals surface area contributed by atoms with Gasteiger partial charge in [-0.3, -0.25) is 9.80 Å². The zero-order valence-corrected chi connectivity index (χ0v) is 24.0. The van der Waals surface area contributed by atoms with Crippen LogP contribution in [0.15, 0.2) is 18.2 Å². The molecular weight excluding hydrogens is 529 g/mol. The molecule has 2 unspecified atom stereocenters. The number of amides is 2. The molecule has 3 saturated heterocycles. The monoisotopic (exact) mass is 565 g/mol. The molecule has 1 aromatic rings. The van der Waals surface area contributed by atoms with Crippen LogP contribution in [0, 0.1) is 5.82 Å². The Morgan fingerprint density at radius 1 is 1.18 bits per heavy atom. The molecule has 3 aliphatic heterocycles. The number of anilines is 2. The summed E-state index contributed by atoms with van der Waals surface area (Å²) in [4.78, 5) is 33.6. The minimum absolute atomic E-state index is 0.158. The van der Waals surface area contributed by atoms with Crippen LogP contribution in [-0.4, -0.2) is 95.5 Å². The number of ether oxygens (including phenoxy) is 2. The third-order valence-corrected chi connectivity index (χ3v) is 7.47. The normalized spacial score (nSPS) is 22.0. The summed E-state index contributed by atoms with van der Waals surface area (Å²) in [6, 6.07) is 4.67. The molecule has 0 aromatic heterocycles. The van der Waals surface area contributed by atoms with E-state index in [1.807, 2.05) is 25.7 Å². The van der Waals surface area contributed by atoms with E-state index in [4.69, 9.17) is 33.9 Å². The summed E-state index contributed by atoms with van der Waals surface area (Å²) < 4.78 is 26.1. The highest BCUT2D eigenvalue weighted by molar-refractivity contribution is 7.80. The Labute approximate surface area is 234 Å². The van der Waals surface area contributed by atoms with E-state index in [1.54, 1.807) is 24.0 Å². The van der Waals surface area contributed by atoms with Gasteiger partial charge in [-0.25, -0.2) is 14.0 Å². The molecule has 208 valence electrons.